The van der Waals surface area contributed by atoms with E-state index in [0.29, 0.717) is 5.92 Å². The first kappa shape index (κ1) is 22.4. The van der Waals surface area contributed by atoms with Crippen LogP contribution in [0.3, 0.4) is 0 Å². The van der Waals surface area contributed by atoms with Crippen molar-refractivity contribution in [1.29, 1.82) is 0 Å². The molecule has 0 spiro atoms. The Kier molecular flexibility index (Phi) is 4.49. The second kappa shape index (κ2) is 6.41. The molecule has 0 aromatic heterocycles. The van der Waals surface area contributed by atoms with E-state index in [1.54, 1.807) is 22.3 Å². The molecule has 0 nitrogen and oxygen atoms in total. The van der Waals surface area contributed by atoms with E-state index in [0.717, 1.165) is 6.42 Å². The lowest BCUT2D eigenvalue weighted by Gasteiger charge is -2.75. The van der Waals surface area contributed by atoms with Gasteiger partial charge in [-0.25, -0.2) is 0 Å². The highest BCUT2D eigenvalue weighted by Gasteiger charge is 2.73. The molecule has 1 heteroatoms. The van der Waals surface area contributed by atoms with Crippen molar-refractivity contribution < 1.29 is 0 Å². The fourth-order valence-corrected chi connectivity index (χ4v) is 11.3. The number of benzene rings is 1. The minimum atomic E-state index is -0.627. The molecule has 4 aliphatic carbocycles. The van der Waals surface area contributed by atoms with Gasteiger partial charge in [0.1, 0.15) is 0 Å². The second-order valence-corrected chi connectivity index (χ2v) is 16.3. The first-order valence-electron chi connectivity index (χ1n) is 12.8. The summed E-state index contributed by atoms with van der Waals surface area (Å²) >= 11 is 0. The van der Waals surface area contributed by atoms with Crippen LogP contribution in [0.5, 0.6) is 0 Å². The predicted octanol–water partition coefficient (Wildman–Crippen LogP) is 8.89. The van der Waals surface area contributed by atoms with Gasteiger partial charge in [-0.15, -0.1) is 0 Å². The molecule has 1 saturated carbocycles. The predicted molar refractivity (Wildman–Crippen MR) is 141 cm³/mol. The van der Waals surface area contributed by atoms with Crippen LogP contribution in [0.25, 0.3) is 5.57 Å². The maximum Gasteiger partial charge on any atom is 0.0538 e. The number of rotatable bonds is 1. The molecule has 0 heterocycles. The molecule has 0 aliphatic heterocycles. The van der Waals surface area contributed by atoms with Crippen LogP contribution in [0.1, 0.15) is 79.4 Å². The van der Waals surface area contributed by atoms with Gasteiger partial charge >= 0.3 is 0 Å². The lowest BCUT2D eigenvalue weighted by molar-refractivity contribution is -0.155. The van der Waals surface area contributed by atoms with Crippen molar-refractivity contribution in [2.75, 3.05) is 0 Å². The first-order valence-corrected chi connectivity index (χ1v) is 15.3. The molecule has 1 aromatic carbocycles. The minimum absolute atomic E-state index is 0.170. The summed E-state index contributed by atoms with van der Waals surface area (Å²) in [5.74, 6) is 0.610. The van der Waals surface area contributed by atoms with E-state index >= 15 is 0 Å². The van der Waals surface area contributed by atoms with E-state index in [1.807, 2.05) is 5.57 Å². The standard InChI is InChI=1S/C31H43Si/c1-27(2)28(3,4)30(7)24-18-14-13-17-22(24)25-21-16-12-11-15-20(21)19-23(25)26(30)31(8,32(9)10)29(27,5)6/h11-13,15-17,24H,14,18-19H2,1-10H3. The molecule has 0 bridgehead atoms. The zero-order valence-electron chi connectivity index (χ0n) is 22.2. The Morgan fingerprint density at radius 1 is 0.844 bits per heavy atom. The lowest BCUT2D eigenvalue weighted by atomic mass is 9.32. The topological polar surface area (TPSA) is 0 Å². The first-order chi connectivity index (χ1) is 14.8. The fraction of sp³-hybridized carbons (Fsp3) is 0.613. The zero-order chi connectivity index (χ0) is 23.5. The molecular weight excluding hydrogens is 400 g/mol. The van der Waals surface area contributed by atoms with Crippen LogP contribution in [-0.2, 0) is 6.42 Å². The molecule has 0 amide bonds. The summed E-state index contributed by atoms with van der Waals surface area (Å²) in [5.41, 5.74) is 10.7. The molecule has 1 aromatic rings. The molecule has 32 heavy (non-hydrogen) atoms. The summed E-state index contributed by atoms with van der Waals surface area (Å²) in [5, 5.41) is 0.237. The normalized spacial score (nSPS) is 36.0. The van der Waals surface area contributed by atoms with Gasteiger partial charge in [0.2, 0.25) is 0 Å². The van der Waals surface area contributed by atoms with Crippen molar-refractivity contribution in [1.82, 2.24) is 0 Å². The molecular formula is C31H43Si. The molecule has 5 rings (SSSR count). The van der Waals surface area contributed by atoms with Crippen LogP contribution in [0, 0.1) is 27.6 Å². The second-order valence-electron chi connectivity index (χ2n) is 13.3. The van der Waals surface area contributed by atoms with E-state index in [4.69, 9.17) is 0 Å². The average molecular weight is 444 g/mol. The van der Waals surface area contributed by atoms with Crippen LogP contribution in [-0.4, -0.2) is 8.80 Å². The number of hydrogen-bond acceptors (Lipinski definition) is 0. The largest absolute Gasteiger partial charge is 0.0842 e. The highest BCUT2D eigenvalue weighted by molar-refractivity contribution is 6.60. The van der Waals surface area contributed by atoms with Gasteiger partial charge in [-0.05, 0) is 74.3 Å². The van der Waals surface area contributed by atoms with Gasteiger partial charge in [0.25, 0.3) is 0 Å². The van der Waals surface area contributed by atoms with Crippen molar-refractivity contribution in [3.8, 4) is 0 Å². The van der Waals surface area contributed by atoms with E-state index in [1.165, 1.54) is 18.4 Å². The molecule has 1 fully saturated rings. The van der Waals surface area contributed by atoms with Crippen LogP contribution in [0.4, 0.5) is 0 Å². The molecule has 4 aliphatic rings. The molecule has 1 radical (unpaired) electrons. The molecule has 171 valence electrons. The zero-order valence-corrected chi connectivity index (χ0v) is 23.2. The molecule has 0 saturated heterocycles. The summed E-state index contributed by atoms with van der Waals surface area (Å²) in [4.78, 5) is 0. The van der Waals surface area contributed by atoms with E-state index in [-0.39, 0.29) is 26.7 Å². The van der Waals surface area contributed by atoms with E-state index in [9.17, 15) is 0 Å². The monoisotopic (exact) mass is 443 g/mol. The van der Waals surface area contributed by atoms with Gasteiger partial charge < -0.3 is 0 Å². The molecule has 3 atom stereocenters. The van der Waals surface area contributed by atoms with E-state index < -0.39 is 8.80 Å². The highest BCUT2D eigenvalue weighted by atomic mass is 28.3. The summed E-state index contributed by atoms with van der Waals surface area (Å²) in [6, 6.07) is 9.28. The SMILES string of the molecule is C[Si](C)C1(C)C2=C3Cc4ccccc4C3=C3C=CCCC3C2(C)C(C)(C)C(C)(C)C1(C)C. The Balaban J connectivity index is 1.98. The van der Waals surface area contributed by atoms with Crippen LogP contribution < -0.4 is 0 Å². The van der Waals surface area contributed by atoms with Gasteiger partial charge in [0.15, 0.2) is 0 Å². The Bertz CT molecular complexity index is 1090. The van der Waals surface area contributed by atoms with Crippen molar-refractivity contribution in [2.45, 2.75) is 92.8 Å². The summed E-state index contributed by atoms with van der Waals surface area (Å²) < 4.78 is 0. The summed E-state index contributed by atoms with van der Waals surface area (Å²) in [7, 11) is -0.627. The van der Waals surface area contributed by atoms with Crippen LogP contribution >= 0.6 is 0 Å². The summed E-state index contributed by atoms with van der Waals surface area (Å²) in [6.45, 7) is 26.2. The Morgan fingerprint density at radius 2 is 1.50 bits per heavy atom. The fourth-order valence-electron chi connectivity index (χ4n) is 8.80. The third-order valence-corrected chi connectivity index (χ3v) is 15.1. The van der Waals surface area contributed by atoms with Crippen LogP contribution in [0.15, 0.2) is 53.1 Å². The van der Waals surface area contributed by atoms with Crippen molar-refractivity contribution >= 4 is 14.4 Å². The van der Waals surface area contributed by atoms with Crippen LogP contribution in [0.2, 0.25) is 18.1 Å². The Labute approximate surface area is 198 Å². The van der Waals surface area contributed by atoms with Crippen molar-refractivity contribution in [3.63, 3.8) is 0 Å². The smallest absolute Gasteiger partial charge is 0.0538 e. The van der Waals surface area contributed by atoms with Crippen molar-refractivity contribution in [3.05, 3.63) is 64.3 Å². The number of allylic oxidation sites excluding steroid dienone is 6. The lowest BCUT2D eigenvalue weighted by Crippen LogP contribution is -2.68. The third-order valence-electron chi connectivity index (χ3n) is 12.2. The van der Waals surface area contributed by atoms with Gasteiger partial charge in [-0.1, -0.05) is 110 Å². The van der Waals surface area contributed by atoms with Gasteiger partial charge in [0.05, 0.1) is 8.80 Å². The van der Waals surface area contributed by atoms with Gasteiger partial charge in [-0.3, -0.25) is 0 Å². The summed E-state index contributed by atoms with van der Waals surface area (Å²) in [6.07, 6.45) is 8.60. The van der Waals surface area contributed by atoms with E-state index in [2.05, 4.69) is 105 Å². The van der Waals surface area contributed by atoms with Gasteiger partial charge in [0, 0.05) is 5.41 Å². The molecule has 3 unspecified atom stereocenters. The quantitative estimate of drug-likeness (QED) is 0.380. The maximum absolute atomic E-state index is 2.69. The third kappa shape index (κ3) is 2.16. The number of hydrogen-bond donors (Lipinski definition) is 0. The Morgan fingerprint density at radius 3 is 2.16 bits per heavy atom. The number of fused-ring (bicyclic) bond motifs is 6. The highest BCUT2D eigenvalue weighted by Crippen LogP contribution is 2.82. The molecule has 0 N–H and O–H groups in total. The Hall–Kier alpha value is -1.34. The van der Waals surface area contributed by atoms with Crippen molar-refractivity contribution in [2.24, 2.45) is 27.6 Å². The maximum atomic E-state index is 2.69. The minimum Gasteiger partial charge on any atom is -0.0842 e. The average Bonchev–Trinajstić information content (AvgIpc) is 3.11. The van der Waals surface area contributed by atoms with Gasteiger partial charge in [-0.2, -0.15) is 0 Å².